The Morgan fingerprint density at radius 3 is 2.48 bits per heavy atom. The van der Waals surface area contributed by atoms with Gasteiger partial charge >= 0.3 is 0 Å². The molecule has 1 fully saturated rings. The van der Waals surface area contributed by atoms with E-state index < -0.39 is 0 Å². The van der Waals surface area contributed by atoms with Crippen molar-refractivity contribution in [2.24, 2.45) is 0 Å². The Balaban J connectivity index is 1.73. The number of quaternary nitrogens is 1. The third-order valence-electron chi connectivity index (χ3n) is 4.76. The molecule has 0 unspecified atom stereocenters. The van der Waals surface area contributed by atoms with Crippen molar-refractivity contribution >= 4 is 17.5 Å². The minimum absolute atomic E-state index is 0.125. The summed E-state index contributed by atoms with van der Waals surface area (Å²) < 4.78 is 0. The third-order valence-corrected chi connectivity index (χ3v) is 5.11. The molecule has 2 aromatic rings. The summed E-state index contributed by atoms with van der Waals surface area (Å²) in [6.07, 6.45) is 2.42. The van der Waals surface area contributed by atoms with Crippen LogP contribution < -0.4 is 10.2 Å². The summed E-state index contributed by atoms with van der Waals surface area (Å²) in [6.45, 7) is 2.74. The van der Waals surface area contributed by atoms with Crippen molar-refractivity contribution in [2.75, 3.05) is 19.6 Å². The molecule has 3 rings (SSSR count). The summed E-state index contributed by atoms with van der Waals surface area (Å²) in [5, 5.41) is 12.6. The molecule has 128 valence electrons. The molecule has 0 aromatic heterocycles. The van der Waals surface area contributed by atoms with E-state index in [0.717, 1.165) is 23.7 Å². The predicted molar refractivity (Wildman–Crippen MR) is 97.6 cm³/mol. The van der Waals surface area contributed by atoms with Crippen LogP contribution in [0.15, 0.2) is 48.5 Å². The van der Waals surface area contributed by atoms with Gasteiger partial charge in [-0.15, -0.1) is 0 Å². The fourth-order valence-electron chi connectivity index (χ4n) is 3.40. The first-order chi connectivity index (χ1) is 12.2. The van der Waals surface area contributed by atoms with E-state index in [4.69, 9.17) is 16.9 Å². The number of amides is 1. The molecule has 4 nitrogen and oxygen atoms in total. The zero-order valence-electron chi connectivity index (χ0n) is 14.0. The number of nitriles is 1. The monoisotopic (exact) mass is 354 g/mol. The number of likely N-dealkylation sites (tertiary alicyclic amines) is 1. The third kappa shape index (κ3) is 4.19. The van der Waals surface area contributed by atoms with Crippen molar-refractivity contribution in [3.63, 3.8) is 0 Å². The Hall–Kier alpha value is -2.35. The zero-order chi connectivity index (χ0) is 17.6. The highest BCUT2D eigenvalue weighted by Gasteiger charge is 2.29. The molecular formula is C20H21ClN3O+. The van der Waals surface area contributed by atoms with Crippen LogP contribution in [-0.4, -0.2) is 25.5 Å². The van der Waals surface area contributed by atoms with Gasteiger partial charge in [-0.3, -0.25) is 4.79 Å². The Kier molecular flexibility index (Phi) is 5.70. The molecule has 0 spiro atoms. The maximum absolute atomic E-state index is 12.4. The highest BCUT2D eigenvalue weighted by molar-refractivity contribution is 6.31. The number of hydrogen-bond acceptors (Lipinski definition) is 2. The van der Waals surface area contributed by atoms with Gasteiger partial charge in [0.15, 0.2) is 0 Å². The number of carbonyl (C=O) groups excluding carboxylic acids is 1. The fourth-order valence-corrected chi connectivity index (χ4v) is 3.67. The van der Waals surface area contributed by atoms with Gasteiger partial charge in [0, 0.05) is 29.0 Å². The topological polar surface area (TPSA) is 57.3 Å². The van der Waals surface area contributed by atoms with E-state index in [1.807, 2.05) is 24.3 Å². The van der Waals surface area contributed by atoms with E-state index in [-0.39, 0.29) is 11.9 Å². The van der Waals surface area contributed by atoms with Gasteiger partial charge in [-0.25, -0.2) is 0 Å². The minimum Gasteiger partial charge on any atom is -0.346 e. The second-order valence-corrected chi connectivity index (χ2v) is 6.75. The molecule has 5 heteroatoms. The lowest BCUT2D eigenvalue weighted by Crippen LogP contribution is -3.11. The van der Waals surface area contributed by atoms with Crippen molar-refractivity contribution in [3.05, 3.63) is 70.2 Å². The molecule has 1 aliphatic heterocycles. The summed E-state index contributed by atoms with van der Waals surface area (Å²) in [5.41, 5.74) is 2.20. The Labute approximate surface area is 153 Å². The number of benzene rings is 2. The SMILES string of the molecule is N#Cc1ccc(C(=O)NC[C@@H](c2ccccc2Cl)[NH+]2CCCC2)cc1. The van der Waals surface area contributed by atoms with Crippen molar-refractivity contribution in [1.29, 1.82) is 5.26 Å². The Morgan fingerprint density at radius 2 is 1.84 bits per heavy atom. The average molecular weight is 355 g/mol. The van der Waals surface area contributed by atoms with E-state index in [1.54, 1.807) is 24.3 Å². The molecule has 1 aliphatic rings. The molecule has 0 bridgehead atoms. The second-order valence-electron chi connectivity index (χ2n) is 6.34. The van der Waals surface area contributed by atoms with Crippen LogP contribution in [0.2, 0.25) is 5.02 Å². The zero-order valence-corrected chi connectivity index (χ0v) is 14.7. The van der Waals surface area contributed by atoms with Crippen LogP contribution in [-0.2, 0) is 0 Å². The first-order valence-corrected chi connectivity index (χ1v) is 8.94. The van der Waals surface area contributed by atoms with Gasteiger partial charge in [-0.2, -0.15) is 5.26 Å². The highest BCUT2D eigenvalue weighted by Crippen LogP contribution is 2.21. The normalized spacial score (nSPS) is 15.5. The summed E-state index contributed by atoms with van der Waals surface area (Å²) >= 11 is 6.41. The lowest BCUT2D eigenvalue weighted by molar-refractivity contribution is -0.918. The van der Waals surface area contributed by atoms with Crippen molar-refractivity contribution in [3.8, 4) is 6.07 Å². The Bertz CT molecular complexity index is 776. The Morgan fingerprint density at radius 1 is 1.16 bits per heavy atom. The van der Waals surface area contributed by atoms with E-state index in [2.05, 4.69) is 11.4 Å². The number of hydrogen-bond donors (Lipinski definition) is 2. The van der Waals surface area contributed by atoms with Crippen molar-refractivity contribution < 1.29 is 9.69 Å². The van der Waals surface area contributed by atoms with Gasteiger partial charge in [0.2, 0.25) is 0 Å². The molecular weight excluding hydrogens is 334 g/mol. The molecule has 1 atom stereocenters. The maximum atomic E-state index is 12.4. The van der Waals surface area contributed by atoms with E-state index in [1.165, 1.54) is 17.7 Å². The number of carbonyl (C=O) groups is 1. The summed E-state index contributed by atoms with van der Waals surface area (Å²) in [5.74, 6) is -0.125. The molecule has 1 amide bonds. The van der Waals surface area contributed by atoms with E-state index in [0.29, 0.717) is 17.7 Å². The molecule has 25 heavy (non-hydrogen) atoms. The van der Waals surface area contributed by atoms with Crippen LogP contribution in [0.5, 0.6) is 0 Å². The van der Waals surface area contributed by atoms with Gasteiger partial charge in [-0.1, -0.05) is 29.8 Å². The average Bonchev–Trinajstić information content (AvgIpc) is 3.17. The fraction of sp³-hybridized carbons (Fsp3) is 0.300. The minimum atomic E-state index is -0.125. The standard InChI is InChI=1S/C20H20ClN3O/c21-18-6-2-1-5-17(18)19(24-11-3-4-12-24)14-23-20(25)16-9-7-15(13-22)8-10-16/h1-2,5-10,19H,3-4,11-12,14H2,(H,23,25)/p+1/t19-/m0/s1. The number of nitrogens with one attached hydrogen (secondary N) is 2. The molecule has 1 saturated heterocycles. The van der Waals surface area contributed by atoms with Crippen LogP contribution in [0.4, 0.5) is 0 Å². The smallest absolute Gasteiger partial charge is 0.251 e. The van der Waals surface area contributed by atoms with Crippen LogP contribution in [0.25, 0.3) is 0 Å². The van der Waals surface area contributed by atoms with Crippen molar-refractivity contribution in [2.45, 2.75) is 18.9 Å². The molecule has 1 heterocycles. The molecule has 2 aromatic carbocycles. The van der Waals surface area contributed by atoms with Crippen LogP contribution in [0.1, 0.15) is 40.4 Å². The van der Waals surface area contributed by atoms with Gasteiger partial charge in [0.05, 0.1) is 31.3 Å². The summed E-state index contributed by atoms with van der Waals surface area (Å²) in [6, 6.07) is 16.8. The number of halogens is 1. The second kappa shape index (κ2) is 8.15. The maximum Gasteiger partial charge on any atom is 0.251 e. The summed E-state index contributed by atoms with van der Waals surface area (Å²) in [4.78, 5) is 13.9. The first-order valence-electron chi connectivity index (χ1n) is 8.56. The molecule has 0 radical (unpaired) electrons. The lowest BCUT2D eigenvalue weighted by atomic mass is 10.0. The van der Waals surface area contributed by atoms with E-state index >= 15 is 0 Å². The van der Waals surface area contributed by atoms with Gasteiger partial charge in [0.1, 0.15) is 6.04 Å². The highest BCUT2D eigenvalue weighted by atomic mass is 35.5. The number of rotatable bonds is 5. The van der Waals surface area contributed by atoms with Crippen molar-refractivity contribution in [1.82, 2.24) is 5.32 Å². The van der Waals surface area contributed by atoms with Gasteiger partial charge < -0.3 is 10.2 Å². The van der Waals surface area contributed by atoms with Gasteiger partial charge in [0.25, 0.3) is 5.91 Å². The first kappa shape index (κ1) is 17.5. The quantitative estimate of drug-likeness (QED) is 0.866. The number of nitrogens with zero attached hydrogens (tertiary/aromatic N) is 1. The largest absolute Gasteiger partial charge is 0.346 e. The lowest BCUT2D eigenvalue weighted by Gasteiger charge is -2.26. The van der Waals surface area contributed by atoms with Gasteiger partial charge in [-0.05, 0) is 30.3 Å². The summed E-state index contributed by atoms with van der Waals surface area (Å²) in [7, 11) is 0. The molecule has 2 N–H and O–H groups in total. The van der Waals surface area contributed by atoms with E-state index in [9.17, 15) is 4.79 Å². The van der Waals surface area contributed by atoms with Crippen LogP contribution in [0.3, 0.4) is 0 Å². The van der Waals surface area contributed by atoms with Crippen LogP contribution in [0, 0.1) is 11.3 Å². The molecule has 0 aliphatic carbocycles. The predicted octanol–water partition coefficient (Wildman–Crippen LogP) is 2.36. The van der Waals surface area contributed by atoms with Crippen LogP contribution >= 0.6 is 11.6 Å². The molecule has 0 saturated carbocycles.